The summed E-state index contributed by atoms with van der Waals surface area (Å²) in [5.41, 5.74) is 7.51. The zero-order valence-corrected chi connectivity index (χ0v) is 15.1. The van der Waals surface area contributed by atoms with Crippen LogP contribution in [0.3, 0.4) is 0 Å². The number of primary amides is 1. The molecule has 4 N–H and O–H groups in total. The smallest absolute Gasteiger partial charge is 0.322 e. The molecule has 1 heterocycles. The van der Waals surface area contributed by atoms with Gasteiger partial charge in [-0.15, -0.1) is 0 Å². The highest BCUT2D eigenvalue weighted by molar-refractivity contribution is 7.99. The van der Waals surface area contributed by atoms with E-state index in [-0.39, 0.29) is 11.7 Å². The van der Waals surface area contributed by atoms with Gasteiger partial charge in [0.2, 0.25) is 0 Å². The maximum atomic E-state index is 13.3. The summed E-state index contributed by atoms with van der Waals surface area (Å²) in [5.74, 6) is -1.56. The van der Waals surface area contributed by atoms with E-state index in [0.717, 1.165) is 17.5 Å². The van der Waals surface area contributed by atoms with E-state index in [1.165, 1.54) is 0 Å². The van der Waals surface area contributed by atoms with Crippen molar-refractivity contribution in [3.8, 4) is 5.75 Å². The molecular weight excluding hydrogens is 352 g/mol. The first kappa shape index (κ1) is 16.9. The number of aliphatic hydroxyl groups is 1. The number of amides is 2. The van der Waals surface area contributed by atoms with E-state index in [0.29, 0.717) is 22.4 Å². The molecule has 0 radical (unpaired) electrons. The number of urea groups is 1. The summed E-state index contributed by atoms with van der Waals surface area (Å²) in [6, 6.07) is 11.5. The number of nitrogens with two attached hydrogens (primary N) is 1. The number of benzene rings is 2. The zero-order valence-electron chi connectivity index (χ0n) is 14.3. The van der Waals surface area contributed by atoms with Gasteiger partial charge in [0.25, 0.3) is 5.79 Å². The molecule has 7 heteroatoms. The Morgan fingerprint density at radius 3 is 2.65 bits per heavy atom. The second-order valence-electron chi connectivity index (χ2n) is 6.78. The third-order valence-electron chi connectivity index (χ3n) is 4.95. The maximum Gasteiger partial charge on any atom is 0.322 e. The average molecular weight is 370 g/mol. The second-order valence-corrected chi connectivity index (χ2v) is 7.80. The van der Waals surface area contributed by atoms with Crippen molar-refractivity contribution in [2.75, 3.05) is 0 Å². The highest BCUT2D eigenvalue weighted by atomic mass is 32.2. The van der Waals surface area contributed by atoms with Gasteiger partial charge in [-0.2, -0.15) is 0 Å². The van der Waals surface area contributed by atoms with E-state index in [1.807, 2.05) is 26.0 Å². The van der Waals surface area contributed by atoms with Crippen molar-refractivity contribution in [3.05, 3.63) is 64.7 Å². The molecule has 0 saturated heterocycles. The molecule has 0 saturated carbocycles. The molecule has 1 aliphatic heterocycles. The van der Waals surface area contributed by atoms with E-state index in [9.17, 15) is 14.7 Å². The summed E-state index contributed by atoms with van der Waals surface area (Å²) in [4.78, 5) is 24.7. The molecular formula is C19H18N2O4S. The number of Topliss-reactive ketones (excluding diaryl/α,β-unsaturated/α-hetero) is 1. The van der Waals surface area contributed by atoms with Crippen LogP contribution in [0.1, 0.15) is 46.8 Å². The lowest BCUT2D eigenvalue weighted by atomic mass is 9.89. The molecule has 0 aromatic heterocycles. The van der Waals surface area contributed by atoms with Crippen LogP contribution in [-0.4, -0.2) is 16.9 Å². The fourth-order valence-corrected chi connectivity index (χ4v) is 4.70. The predicted octanol–water partition coefficient (Wildman–Crippen LogP) is 2.76. The Labute approximate surface area is 154 Å². The van der Waals surface area contributed by atoms with Crippen LogP contribution in [0.15, 0.2) is 42.5 Å². The summed E-state index contributed by atoms with van der Waals surface area (Å²) < 4.78 is 6.83. The van der Waals surface area contributed by atoms with E-state index in [4.69, 9.17) is 10.5 Å². The molecule has 2 aromatic rings. The molecule has 0 fully saturated rings. The third kappa shape index (κ3) is 1.98. The Bertz CT molecular complexity index is 945. The van der Waals surface area contributed by atoms with Crippen molar-refractivity contribution >= 4 is 23.8 Å². The van der Waals surface area contributed by atoms with Gasteiger partial charge in [0.05, 0.1) is 0 Å². The molecule has 1 aliphatic carbocycles. The van der Waals surface area contributed by atoms with Crippen molar-refractivity contribution in [2.24, 2.45) is 5.73 Å². The fourth-order valence-electron chi connectivity index (χ4n) is 3.67. The SMILES string of the molecule is CC(C)c1ccc2c(c1)OC1(O)c3ccccc3C(=O)C21SNC(N)=O. The summed E-state index contributed by atoms with van der Waals surface area (Å²) in [6.45, 7) is 4.09. The summed E-state index contributed by atoms with van der Waals surface area (Å²) in [7, 11) is 0. The van der Waals surface area contributed by atoms with Crippen LogP contribution in [0.25, 0.3) is 0 Å². The Morgan fingerprint density at radius 2 is 1.96 bits per heavy atom. The van der Waals surface area contributed by atoms with Crippen LogP contribution >= 0.6 is 11.9 Å². The first-order valence-corrected chi connectivity index (χ1v) is 9.06. The van der Waals surface area contributed by atoms with Gasteiger partial charge >= 0.3 is 6.03 Å². The lowest BCUT2D eigenvalue weighted by Crippen LogP contribution is -2.48. The third-order valence-corrected chi connectivity index (χ3v) is 6.24. The van der Waals surface area contributed by atoms with Gasteiger partial charge in [0.1, 0.15) is 5.75 Å². The number of fused-ring (bicyclic) bond motifs is 5. The van der Waals surface area contributed by atoms with E-state index < -0.39 is 16.6 Å². The maximum absolute atomic E-state index is 13.3. The number of hydrogen-bond acceptors (Lipinski definition) is 5. The Kier molecular flexibility index (Phi) is 3.58. The molecule has 26 heavy (non-hydrogen) atoms. The standard InChI is InChI=1S/C19H18N2O4S/c1-10(2)11-7-8-14-15(9-11)25-19(24)13-6-4-3-5-12(13)16(22)18(14,19)26-21-17(20)23/h3-10,24H,1-2H3,(H3,20,21,23). The quantitative estimate of drug-likeness (QED) is 0.721. The van der Waals surface area contributed by atoms with Gasteiger partial charge in [-0.05, 0) is 29.5 Å². The minimum atomic E-state index is -1.92. The highest BCUT2D eigenvalue weighted by Gasteiger charge is 2.71. The van der Waals surface area contributed by atoms with Gasteiger partial charge in [0.15, 0.2) is 10.5 Å². The number of ketones is 1. The summed E-state index contributed by atoms with van der Waals surface area (Å²) in [6.07, 6.45) is 0. The number of carbonyl (C=O) groups excluding carboxylic acids is 2. The molecule has 2 unspecified atom stereocenters. The monoisotopic (exact) mass is 370 g/mol. The van der Waals surface area contributed by atoms with Gasteiger partial charge < -0.3 is 15.6 Å². The molecule has 0 bridgehead atoms. The van der Waals surface area contributed by atoms with Gasteiger partial charge in [0, 0.05) is 16.7 Å². The van der Waals surface area contributed by atoms with Crippen LogP contribution in [0.4, 0.5) is 4.79 Å². The lowest BCUT2D eigenvalue weighted by molar-refractivity contribution is -0.142. The summed E-state index contributed by atoms with van der Waals surface area (Å²) in [5, 5.41) is 11.5. The number of ether oxygens (including phenoxy) is 1. The minimum Gasteiger partial charge on any atom is -0.455 e. The first-order chi connectivity index (χ1) is 12.3. The molecule has 134 valence electrons. The van der Waals surface area contributed by atoms with Crippen LogP contribution in [0.5, 0.6) is 5.75 Å². The largest absolute Gasteiger partial charge is 0.455 e. The van der Waals surface area contributed by atoms with Crippen LogP contribution in [0, 0.1) is 0 Å². The van der Waals surface area contributed by atoms with E-state index in [1.54, 1.807) is 30.3 Å². The van der Waals surface area contributed by atoms with Gasteiger partial charge in [-0.3, -0.25) is 9.52 Å². The predicted molar refractivity (Wildman–Crippen MR) is 97.8 cm³/mol. The lowest BCUT2D eigenvalue weighted by Gasteiger charge is -2.32. The number of rotatable bonds is 3. The second kappa shape index (κ2) is 5.49. The minimum absolute atomic E-state index is 0.259. The number of nitrogens with one attached hydrogen (secondary N) is 1. The Morgan fingerprint density at radius 1 is 1.23 bits per heavy atom. The van der Waals surface area contributed by atoms with Crippen molar-refractivity contribution in [1.29, 1.82) is 0 Å². The number of hydrogen-bond donors (Lipinski definition) is 3. The van der Waals surface area contributed by atoms with Crippen molar-refractivity contribution in [2.45, 2.75) is 30.3 Å². The molecule has 4 rings (SSSR count). The van der Waals surface area contributed by atoms with Crippen molar-refractivity contribution in [3.63, 3.8) is 0 Å². The van der Waals surface area contributed by atoms with E-state index >= 15 is 0 Å². The zero-order chi connectivity index (χ0) is 18.7. The Balaban J connectivity index is 1.95. The van der Waals surface area contributed by atoms with Crippen LogP contribution in [-0.2, 0) is 10.5 Å². The highest BCUT2D eigenvalue weighted by Crippen LogP contribution is 2.63. The molecule has 6 nitrogen and oxygen atoms in total. The fraction of sp³-hybridized carbons (Fsp3) is 0.263. The van der Waals surface area contributed by atoms with Crippen LogP contribution < -0.4 is 15.2 Å². The van der Waals surface area contributed by atoms with Gasteiger partial charge in [-0.1, -0.05) is 50.2 Å². The Hall–Kier alpha value is -2.51. The van der Waals surface area contributed by atoms with Crippen molar-refractivity contribution < 1.29 is 19.4 Å². The molecule has 0 spiro atoms. The van der Waals surface area contributed by atoms with Crippen molar-refractivity contribution in [1.82, 2.24) is 4.72 Å². The van der Waals surface area contributed by atoms with Crippen LogP contribution in [0.2, 0.25) is 0 Å². The molecule has 2 aliphatic rings. The average Bonchev–Trinajstić information content (AvgIpc) is 2.97. The normalized spacial score (nSPS) is 25.5. The van der Waals surface area contributed by atoms with Gasteiger partial charge in [-0.25, -0.2) is 4.79 Å². The first-order valence-electron chi connectivity index (χ1n) is 8.25. The summed E-state index contributed by atoms with van der Waals surface area (Å²) >= 11 is 0.782. The molecule has 2 aromatic carbocycles. The van der Waals surface area contributed by atoms with E-state index in [2.05, 4.69) is 4.72 Å². The molecule has 2 atom stereocenters. The number of carbonyl (C=O) groups is 2. The topological polar surface area (TPSA) is 102 Å². The molecule has 2 amide bonds.